The van der Waals surface area contributed by atoms with Crippen LogP contribution in [0.3, 0.4) is 0 Å². The number of amides is 2. The number of aliphatic hydroxyl groups is 3. The van der Waals surface area contributed by atoms with E-state index in [4.69, 9.17) is 59.8 Å². The van der Waals surface area contributed by atoms with Crippen molar-refractivity contribution in [1.82, 2.24) is 35.1 Å². The molecule has 148 heavy (non-hydrogen) atoms. The third-order valence-corrected chi connectivity index (χ3v) is 19.6. The number of aliphatic hydroxyl groups excluding tert-OH is 3. The van der Waals surface area contributed by atoms with Gasteiger partial charge in [-0.25, -0.2) is 45.5 Å². The molecule has 1 fully saturated rings. The van der Waals surface area contributed by atoms with E-state index < -0.39 is 118 Å². The van der Waals surface area contributed by atoms with E-state index in [2.05, 4.69) is 46.8 Å². The van der Waals surface area contributed by atoms with Crippen LogP contribution in [0.15, 0.2) is 141 Å². The number of carbonyl (C=O) groups excluding carboxylic acids is 6. The number of aldehydes is 2. The van der Waals surface area contributed by atoms with Crippen LogP contribution in [-0.2, 0) is 95.7 Å². The minimum absolute atomic E-state index is 0. The van der Waals surface area contributed by atoms with Crippen molar-refractivity contribution in [2.45, 2.75) is 184 Å². The second kappa shape index (κ2) is 73.9. The van der Waals surface area contributed by atoms with Gasteiger partial charge in [0.2, 0.25) is 0 Å². The van der Waals surface area contributed by atoms with Gasteiger partial charge in [-0.1, -0.05) is 26.7 Å². The summed E-state index contributed by atoms with van der Waals surface area (Å²) in [7, 11) is -12.4. The molecule has 820 valence electrons. The number of nitrogens with one attached hydrogen (secondary N) is 5. The van der Waals surface area contributed by atoms with Crippen molar-refractivity contribution < 1.29 is 205 Å². The summed E-state index contributed by atoms with van der Waals surface area (Å²) in [6.45, 7) is 35.9. The number of nitrogens with zero attached hydrogens (tertiary/aromatic N) is 4. The molecule has 10 aromatic rings. The average Bonchev–Trinajstić information content (AvgIpc) is 1.64. The third kappa shape index (κ3) is 63.7. The first kappa shape index (κ1) is 142. The van der Waals surface area contributed by atoms with Gasteiger partial charge in [0.15, 0.2) is 18.9 Å². The quantitative estimate of drug-likeness (QED) is 0.00164. The van der Waals surface area contributed by atoms with Crippen LogP contribution >= 0.6 is 0 Å². The Morgan fingerprint density at radius 2 is 0.892 bits per heavy atom. The number of hydrogen-bond donors (Lipinski definition) is 9. The zero-order valence-electron chi connectivity index (χ0n) is 88.1. The number of fused-ring (bicyclic) bond motifs is 4. The van der Waals surface area contributed by atoms with Gasteiger partial charge >= 0.3 is 77.1 Å². The predicted octanol–water partition coefficient (Wildman–Crippen LogP) is 11.9. The molecular formula is C96H135BrF7MgN10NaO29S3. The molecule has 2 amide bonds. The smallest absolute Gasteiger partial charge is 1.00 e. The van der Waals surface area contributed by atoms with E-state index in [0.29, 0.717) is 84.8 Å². The van der Waals surface area contributed by atoms with E-state index in [1.165, 1.54) is 71.2 Å². The van der Waals surface area contributed by atoms with Gasteiger partial charge in [-0.05, 0) is 223 Å². The first-order chi connectivity index (χ1) is 68.1. The van der Waals surface area contributed by atoms with Crippen molar-refractivity contribution in [3.05, 3.63) is 236 Å². The molecule has 4 aromatic heterocycles. The number of carbonyl (C=O) groups is 6. The molecule has 0 radical (unpaired) electrons. The number of aromatic nitrogens is 4. The van der Waals surface area contributed by atoms with Crippen LogP contribution in [0.25, 0.3) is 43.6 Å². The number of H-pyrrole nitrogens is 4. The van der Waals surface area contributed by atoms with Gasteiger partial charge in [-0.3, -0.25) is 45.0 Å². The molecule has 0 atom stereocenters. The van der Waals surface area contributed by atoms with E-state index in [1.807, 2.05) is 19.9 Å². The van der Waals surface area contributed by atoms with Gasteiger partial charge in [-0.15, -0.1) is 3.63 Å². The zero-order chi connectivity index (χ0) is 112. The molecule has 0 saturated carbocycles. The second-order valence-electron chi connectivity index (χ2n) is 34.2. The Hall–Kier alpha value is -10.2. The van der Waals surface area contributed by atoms with Crippen molar-refractivity contribution in [2.75, 3.05) is 105 Å². The summed E-state index contributed by atoms with van der Waals surface area (Å²) in [4.78, 5) is 102. The SMILES string of the molecule is C1CCOC1.CC(C)(C)OC(=O)N(CCO)Cc1cc(F)cc2cc[nH]c12.CC(C)(C)OC(=O)N(CCOS(C)(=O)=O)Cc1cc(F)cc2cc[nH]c12.CC(C)(C)OC(=O)OC(=O)OC(C)(C)C.CCCCOC(OCCCC)c1cc(F)ccc1[N+](=O)[O-].CS(=O)(=O)OS(C)(=O)=O.NCCO.O=Cc1cc(F)cc2cc[nH]c12.O=Cc1cc(F)ccc1[N+](=O)[O-].OCCNCc1cc(F)cc2cc[nH]c12.[2H]CF.[Br-].[CH-]=C.[H-].[Mg+2].[Na+]. The normalized spacial score (nSPS) is 11.4. The van der Waals surface area contributed by atoms with Crippen molar-refractivity contribution in [3.8, 4) is 0 Å². The number of nitro groups is 2. The Labute approximate surface area is 909 Å². The number of halogens is 8. The molecule has 11 rings (SSSR count). The summed E-state index contributed by atoms with van der Waals surface area (Å²) in [5, 5.41) is 52.9. The molecular weight excluding hydrogens is 2110 g/mol. The molecule has 0 spiro atoms. The maximum Gasteiger partial charge on any atom is 2.00 e. The third-order valence-electron chi connectivity index (χ3n) is 17.0. The van der Waals surface area contributed by atoms with Crippen molar-refractivity contribution >= 4 is 145 Å². The van der Waals surface area contributed by atoms with Crippen LogP contribution in [0.1, 0.15) is 188 Å². The molecule has 0 aliphatic carbocycles. The van der Waals surface area contributed by atoms with Crippen molar-refractivity contribution in [2.24, 2.45) is 5.73 Å². The van der Waals surface area contributed by atoms with E-state index in [9.17, 15) is 105 Å². The van der Waals surface area contributed by atoms with E-state index in [0.717, 1.165) is 114 Å². The Balaban J connectivity index is -0.000000530. The zero-order valence-corrected chi connectivity index (χ0v) is 93.5. The van der Waals surface area contributed by atoms with Crippen molar-refractivity contribution in [1.29, 1.82) is 0 Å². The first-order valence-electron chi connectivity index (χ1n) is 45.0. The Kier molecular flexibility index (Phi) is 70.9. The van der Waals surface area contributed by atoms with Gasteiger partial charge in [0, 0.05) is 110 Å². The van der Waals surface area contributed by atoms with Crippen LogP contribution in [0.2, 0.25) is 0 Å². The molecule has 5 heterocycles. The Morgan fingerprint density at radius 3 is 1.22 bits per heavy atom. The van der Waals surface area contributed by atoms with Gasteiger partial charge in [0.05, 0.1) is 123 Å². The maximum absolute atomic E-state index is 13.9. The van der Waals surface area contributed by atoms with E-state index in [1.54, 1.807) is 126 Å². The molecule has 39 nitrogen and oxygen atoms in total. The Bertz CT molecular complexity index is 5970. The van der Waals surface area contributed by atoms with Crippen LogP contribution < -0.4 is 57.6 Å². The standard InChI is InChI=1S/C17H23FN2O5S.C16H21FN2O3.C15H22FNO4.C11H13FN2O.C10H18O5.C9H6FNO.C7H4FNO3.C4H8O.C2H7NO.C2H6O5S2.C2H3.CH3F.BrH.Mg.Na.H/c1-17(2,3)25-16(21)20(7-8-24-26(4,22)23)11-13-10-14(18)9-12-5-6-19-15(12)13;1-16(2,3)22-15(21)19(6-7-20)10-12-9-13(17)8-11-4-5-18-14(11)12;1-3-5-9-20-15(21-10-6-4-2)13-11-12(16)7-8-14(13)17(18)19;12-10-5-8-1-2-14-11(8)9(6-10)7-13-3-4-15;1-9(2,3)14-7(11)13-8(12)15-10(4,5)6;10-8-3-6-1-2-11-9(6)7(4-8)5-12;8-6-1-2-7(9(11)12)5(3-6)4-10;1-2-4-5-3-1;3-1-2-4;1-8(3,4)7-9(2,5)6;2*1-2;;;;/h5-6,9-10,19H,7-8,11H2,1-4H3;4-5,8-9,18,20H,6-7,10H2,1-3H3;7-8,11,15H,3-6,9-10H2,1-2H3;1-2,5-6,13-15H,3-4,7H2;1-6H3;1-5,11H;1-4H;1-4H2;4H,1-3H2;1-2H3;1H,2H2;1H3;1H;;;/q;;;;;;;;;;-1;;;+2;+1;-1/p-1/i;;;;;;;;;;;1D;;;;. The van der Waals surface area contributed by atoms with E-state index in [-0.39, 0.29) is 170 Å². The topological polar surface area (TPSA) is 552 Å². The average molecular weight is 2250 g/mol. The number of ether oxygens (including phenoxy) is 8. The number of nitro benzene ring substituents is 2. The predicted molar refractivity (Wildman–Crippen MR) is 539 cm³/mol. The van der Waals surface area contributed by atoms with Gasteiger partial charge < -0.3 is 119 Å². The van der Waals surface area contributed by atoms with Gasteiger partial charge in [0.25, 0.3) is 41.7 Å². The molecule has 52 heteroatoms. The van der Waals surface area contributed by atoms with Crippen LogP contribution in [0, 0.1) is 61.7 Å². The number of alkyl halides is 1. The van der Waals surface area contributed by atoms with Gasteiger partial charge in [0.1, 0.15) is 57.3 Å². The largest absolute Gasteiger partial charge is 2.00 e. The molecule has 0 unspecified atom stereocenters. The second-order valence-corrected chi connectivity index (χ2v) is 39.2. The molecule has 0 bridgehead atoms. The molecule has 10 N–H and O–H groups in total. The van der Waals surface area contributed by atoms with Crippen LogP contribution in [0.5, 0.6) is 0 Å². The molecule has 1 saturated heterocycles. The monoisotopic (exact) mass is 2250 g/mol. The number of hydrogen-bond acceptors (Lipinski definition) is 31. The molecule has 1 aliphatic heterocycles. The number of aromatic amines is 4. The number of unbranched alkanes of at least 4 members (excludes halogenated alkanes) is 2. The number of benzene rings is 6. The first-order valence-corrected chi connectivity index (χ1v) is 49.8. The van der Waals surface area contributed by atoms with E-state index >= 15 is 0 Å². The summed E-state index contributed by atoms with van der Waals surface area (Å²) in [6.07, 6.45) is 11.9. The fraction of sp³-hybridized carbons (Fsp3) is 0.458. The summed E-state index contributed by atoms with van der Waals surface area (Å²) in [5.41, 5.74) is 6.87. The molecule has 6 aromatic carbocycles. The fourth-order valence-electron chi connectivity index (χ4n) is 11.4. The van der Waals surface area contributed by atoms with Gasteiger partial charge in [-0.2, -0.15) is 25.3 Å². The minimum Gasteiger partial charge on any atom is -1.00 e. The van der Waals surface area contributed by atoms with Crippen LogP contribution in [-0.4, -0.2) is 268 Å². The van der Waals surface area contributed by atoms with Crippen LogP contribution in [0.4, 0.5) is 61.3 Å². The Morgan fingerprint density at radius 1 is 0.541 bits per heavy atom. The maximum atomic E-state index is 13.9. The number of rotatable bonds is 30. The summed E-state index contributed by atoms with van der Waals surface area (Å²) >= 11 is 0. The minimum atomic E-state index is -3.87. The number of nitrogens with two attached hydrogens (primary N) is 1. The summed E-state index contributed by atoms with van der Waals surface area (Å²) < 4.78 is 206. The molecule has 1 aliphatic rings. The summed E-state index contributed by atoms with van der Waals surface area (Å²) in [5.74, 6) is -2.62. The fourth-order valence-corrected chi connectivity index (χ4v) is 13.6. The van der Waals surface area contributed by atoms with Crippen molar-refractivity contribution in [3.63, 3.8) is 0 Å². The summed E-state index contributed by atoms with van der Waals surface area (Å²) in [6, 6.07) is 24.2.